The summed E-state index contributed by atoms with van der Waals surface area (Å²) in [5.41, 5.74) is -0.332. The Morgan fingerprint density at radius 2 is 1.91 bits per heavy atom. The minimum Gasteiger partial charge on any atom is -0.486 e. The van der Waals surface area contributed by atoms with Gasteiger partial charge in [-0.3, -0.25) is 9.59 Å². The van der Waals surface area contributed by atoms with Gasteiger partial charge < -0.3 is 14.5 Å². The minimum atomic E-state index is -2.70. The quantitative estimate of drug-likeness (QED) is 0.283. The van der Waals surface area contributed by atoms with E-state index in [0.717, 1.165) is 12.1 Å². The average molecular weight is 513 g/mol. The fourth-order valence-electron chi connectivity index (χ4n) is 3.54. The van der Waals surface area contributed by atoms with Crippen molar-refractivity contribution in [2.24, 2.45) is 0 Å². The van der Waals surface area contributed by atoms with Crippen molar-refractivity contribution in [1.82, 2.24) is 19.7 Å². The minimum absolute atomic E-state index is 0.00260. The first-order valence-electron chi connectivity index (χ1n) is 10.3. The number of aromatic amines is 1. The van der Waals surface area contributed by atoms with Gasteiger partial charge in [-0.05, 0) is 25.1 Å². The van der Waals surface area contributed by atoms with Crippen LogP contribution in [0.4, 0.5) is 17.6 Å². The van der Waals surface area contributed by atoms with Gasteiger partial charge in [0.2, 0.25) is 0 Å². The molecule has 0 spiro atoms. The number of imidazole rings is 1. The van der Waals surface area contributed by atoms with E-state index < -0.39 is 48.1 Å². The highest BCUT2D eigenvalue weighted by molar-refractivity contribution is 6.32. The molecule has 0 aliphatic heterocycles. The molecular weight excluding hydrogens is 496 g/mol. The van der Waals surface area contributed by atoms with Crippen molar-refractivity contribution < 1.29 is 31.8 Å². The van der Waals surface area contributed by atoms with Crippen LogP contribution in [-0.2, 0) is 22.5 Å². The number of fused-ring (bicyclic) bond motifs is 2. The number of hydrogen-bond acceptors (Lipinski definition) is 6. The third kappa shape index (κ3) is 5.06. The van der Waals surface area contributed by atoms with E-state index >= 15 is 0 Å². The first-order valence-corrected chi connectivity index (χ1v) is 10.7. The summed E-state index contributed by atoms with van der Waals surface area (Å²) in [6, 6.07) is 4.44. The van der Waals surface area contributed by atoms with Crippen LogP contribution in [0.3, 0.4) is 0 Å². The Hall–Kier alpha value is -3.67. The van der Waals surface area contributed by atoms with Crippen LogP contribution in [0, 0.1) is 11.6 Å². The number of H-pyrrole nitrogens is 1. The number of carbonyl (C=O) groups is 1. The van der Waals surface area contributed by atoms with Gasteiger partial charge in [0.15, 0.2) is 0 Å². The molecule has 1 N–H and O–H groups in total. The van der Waals surface area contributed by atoms with Crippen LogP contribution in [0.15, 0.2) is 29.1 Å². The van der Waals surface area contributed by atoms with Crippen molar-refractivity contribution in [3.05, 3.63) is 62.8 Å². The molecule has 0 saturated carbocycles. The van der Waals surface area contributed by atoms with Gasteiger partial charge >= 0.3 is 5.97 Å². The van der Waals surface area contributed by atoms with Gasteiger partial charge in [-0.2, -0.15) is 5.10 Å². The standard InChI is InChI=1S/C22H17ClF4N4O4/c1-2-34-19(32)8-31-22(33)21-12(25)4-3-11(24)20(21)15(30-31)7-18-28-13-5-10(23)16(6-14(13)29-18)35-9-17(26)27/h3-6,17H,2,7-9H2,1H3,(H,28,29). The Morgan fingerprint density at radius 1 is 1.20 bits per heavy atom. The third-order valence-electron chi connectivity index (χ3n) is 4.95. The van der Waals surface area contributed by atoms with E-state index in [9.17, 15) is 27.2 Å². The maximum absolute atomic E-state index is 14.7. The monoisotopic (exact) mass is 512 g/mol. The molecule has 0 aliphatic carbocycles. The smallest absolute Gasteiger partial charge is 0.327 e. The van der Waals surface area contributed by atoms with Crippen LogP contribution >= 0.6 is 11.6 Å². The molecule has 0 bridgehead atoms. The summed E-state index contributed by atoms with van der Waals surface area (Å²) in [4.78, 5) is 31.9. The van der Waals surface area contributed by atoms with Crippen molar-refractivity contribution in [2.45, 2.75) is 26.3 Å². The van der Waals surface area contributed by atoms with E-state index in [1.54, 1.807) is 6.92 Å². The van der Waals surface area contributed by atoms with E-state index in [1.807, 2.05) is 0 Å². The maximum atomic E-state index is 14.7. The molecule has 8 nitrogen and oxygen atoms in total. The lowest BCUT2D eigenvalue weighted by Crippen LogP contribution is -2.30. The Labute approximate surface area is 199 Å². The van der Waals surface area contributed by atoms with Crippen molar-refractivity contribution in [2.75, 3.05) is 13.2 Å². The average Bonchev–Trinajstić information content (AvgIpc) is 3.17. The lowest BCUT2D eigenvalue weighted by molar-refractivity contribution is -0.144. The highest BCUT2D eigenvalue weighted by Crippen LogP contribution is 2.30. The molecular formula is C22H17ClF4N4O4. The molecule has 13 heteroatoms. The molecule has 0 radical (unpaired) electrons. The number of ether oxygens (including phenoxy) is 2. The molecule has 184 valence electrons. The van der Waals surface area contributed by atoms with E-state index in [4.69, 9.17) is 21.1 Å². The Morgan fingerprint density at radius 3 is 2.60 bits per heavy atom. The van der Waals surface area contributed by atoms with Gasteiger partial charge in [0, 0.05) is 11.5 Å². The van der Waals surface area contributed by atoms with Crippen LogP contribution in [-0.4, -0.2) is 45.4 Å². The zero-order chi connectivity index (χ0) is 25.3. The second-order valence-electron chi connectivity index (χ2n) is 7.36. The van der Waals surface area contributed by atoms with Gasteiger partial charge in [-0.1, -0.05) is 11.6 Å². The topological polar surface area (TPSA) is 99.1 Å². The Bertz CT molecular complexity index is 1490. The van der Waals surface area contributed by atoms with Gasteiger partial charge in [0.1, 0.15) is 36.4 Å². The zero-order valence-electron chi connectivity index (χ0n) is 18.1. The number of nitrogens with zero attached hydrogens (tertiary/aromatic N) is 3. The summed E-state index contributed by atoms with van der Waals surface area (Å²) in [6.45, 7) is 0.172. The zero-order valence-corrected chi connectivity index (χ0v) is 18.8. The number of esters is 1. The fraction of sp³-hybridized carbons (Fsp3) is 0.273. The van der Waals surface area contributed by atoms with Crippen LogP contribution in [0.25, 0.3) is 21.8 Å². The van der Waals surface area contributed by atoms with Gasteiger partial charge in [-0.15, -0.1) is 0 Å². The van der Waals surface area contributed by atoms with E-state index in [2.05, 4.69) is 15.1 Å². The lowest BCUT2D eigenvalue weighted by atomic mass is 10.1. The van der Waals surface area contributed by atoms with Crippen LogP contribution < -0.4 is 10.3 Å². The molecule has 2 heterocycles. The van der Waals surface area contributed by atoms with Gasteiger partial charge in [-0.25, -0.2) is 27.2 Å². The predicted molar refractivity (Wildman–Crippen MR) is 118 cm³/mol. The number of hydrogen-bond donors (Lipinski definition) is 1. The number of nitrogens with one attached hydrogen (secondary N) is 1. The molecule has 0 aliphatic rings. The third-order valence-corrected chi connectivity index (χ3v) is 5.25. The Balaban J connectivity index is 1.79. The van der Waals surface area contributed by atoms with E-state index in [1.165, 1.54) is 12.1 Å². The lowest BCUT2D eigenvalue weighted by Gasteiger charge is -2.11. The van der Waals surface area contributed by atoms with Crippen molar-refractivity contribution in [3.8, 4) is 5.75 Å². The number of halogens is 5. The maximum Gasteiger partial charge on any atom is 0.327 e. The molecule has 4 aromatic rings. The first-order chi connectivity index (χ1) is 16.7. The number of benzene rings is 2. The van der Waals surface area contributed by atoms with Crippen LogP contribution in [0.5, 0.6) is 5.75 Å². The summed E-state index contributed by atoms with van der Waals surface area (Å²) >= 11 is 6.08. The Kier molecular flexibility index (Phi) is 6.92. The van der Waals surface area contributed by atoms with Gasteiger partial charge in [0.05, 0.1) is 40.2 Å². The highest BCUT2D eigenvalue weighted by atomic mass is 35.5. The molecule has 0 amide bonds. The summed E-state index contributed by atoms with van der Waals surface area (Å²) in [5.74, 6) is -2.42. The second kappa shape index (κ2) is 9.90. The predicted octanol–water partition coefficient (Wildman–Crippen LogP) is 4.00. The summed E-state index contributed by atoms with van der Waals surface area (Å²) in [7, 11) is 0. The molecule has 4 rings (SSSR count). The van der Waals surface area contributed by atoms with E-state index in [-0.39, 0.29) is 40.7 Å². The molecule has 0 unspecified atom stereocenters. The van der Waals surface area contributed by atoms with Crippen molar-refractivity contribution >= 4 is 39.4 Å². The first kappa shape index (κ1) is 24.5. The van der Waals surface area contributed by atoms with E-state index in [0.29, 0.717) is 15.7 Å². The summed E-state index contributed by atoms with van der Waals surface area (Å²) < 4.78 is 64.7. The van der Waals surface area contributed by atoms with Crippen LogP contribution in [0.1, 0.15) is 18.4 Å². The van der Waals surface area contributed by atoms with Crippen molar-refractivity contribution in [1.29, 1.82) is 0 Å². The molecule has 35 heavy (non-hydrogen) atoms. The number of aromatic nitrogens is 4. The summed E-state index contributed by atoms with van der Waals surface area (Å²) in [6.07, 6.45) is -2.89. The molecule has 2 aromatic heterocycles. The molecule has 0 saturated heterocycles. The number of alkyl halides is 2. The SMILES string of the molecule is CCOC(=O)Cn1nc(Cc2nc3cc(OCC(F)F)c(Cl)cc3[nH]2)c2c(F)ccc(F)c2c1=O. The number of carbonyl (C=O) groups excluding carboxylic acids is 1. The molecule has 0 atom stereocenters. The summed E-state index contributed by atoms with van der Waals surface area (Å²) in [5, 5.41) is 3.22. The van der Waals surface area contributed by atoms with Gasteiger partial charge in [0.25, 0.3) is 12.0 Å². The highest BCUT2D eigenvalue weighted by Gasteiger charge is 2.21. The fourth-order valence-corrected chi connectivity index (χ4v) is 3.76. The second-order valence-corrected chi connectivity index (χ2v) is 7.76. The molecule has 0 fully saturated rings. The van der Waals surface area contributed by atoms with Crippen molar-refractivity contribution in [3.63, 3.8) is 0 Å². The van der Waals surface area contributed by atoms with Crippen LogP contribution in [0.2, 0.25) is 5.02 Å². The normalized spacial score (nSPS) is 11.5. The largest absolute Gasteiger partial charge is 0.486 e. The molecule has 2 aromatic carbocycles. The number of rotatable bonds is 8.